The number of amides is 4. The number of allylic oxidation sites excluding steroid dienone is 2. The summed E-state index contributed by atoms with van der Waals surface area (Å²) in [5.41, 5.74) is 1.34. The summed E-state index contributed by atoms with van der Waals surface area (Å²) >= 11 is 6.13. The first-order valence-electron chi connectivity index (χ1n) is 18.1. The minimum atomic E-state index is -1.36. The van der Waals surface area contributed by atoms with Crippen molar-refractivity contribution in [3.63, 3.8) is 0 Å². The highest BCUT2D eigenvalue weighted by atomic mass is 35.5. The van der Waals surface area contributed by atoms with E-state index in [1.807, 2.05) is 24.3 Å². The number of phenolic OH excluding ortho intramolecular Hbond substituents is 1. The molecule has 3 aliphatic heterocycles. The highest BCUT2D eigenvalue weighted by Crippen LogP contribution is 2.64. The zero-order valence-electron chi connectivity index (χ0n) is 29.8. The molecule has 6 atom stereocenters. The third-order valence-electron chi connectivity index (χ3n) is 12.5. The van der Waals surface area contributed by atoms with Crippen LogP contribution in [-0.2, 0) is 25.7 Å². The summed E-state index contributed by atoms with van der Waals surface area (Å²) < 4.78 is 25.3. The second-order valence-electron chi connectivity index (χ2n) is 15.1. The molecule has 1 saturated carbocycles. The number of ether oxygens (including phenoxy) is 2. The molecule has 8 rings (SSSR count). The van der Waals surface area contributed by atoms with Crippen LogP contribution >= 0.6 is 11.6 Å². The van der Waals surface area contributed by atoms with Gasteiger partial charge in [-0.2, -0.15) is 0 Å². The van der Waals surface area contributed by atoms with Crippen LogP contribution in [0.2, 0.25) is 5.02 Å². The number of anilines is 1. The molecule has 0 radical (unpaired) electrons. The SMILES string of the molecule is COc1cc(C2C3=CCC4C(=O)N(C5CCN(Cc6ccccc6)CC5)C(=O)C4C3CC3C(=O)N(c4ccc(F)c(Cl)c4)C(=O)C32C)cc(OC)c1O. The molecule has 0 spiro atoms. The molecule has 3 heterocycles. The van der Waals surface area contributed by atoms with Gasteiger partial charge >= 0.3 is 0 Å². The Labute approximate surface area is 312 Å². The fraction of sp³-hybridized carbons (Fsp3) is 0.415. The number of methoxy groups -OCH3 is 2. The van der Waals surface area contributed by atoms with Gasteiger partial charge in [0.05, 0.1) is 48.1 Å². The minimum Gasteiger partial charge on any atom is -0.502 e. The first kappa shape index (κ1) is 35.3. The van der Waals surface area contributed by atoms with E-state index in [0.717, 1.165) is 36.2 Å². The first-order chi connectivity index (χ1) is 25.5. The number of aromatic hydroxyl groups is 1. The second kappa shape index (κ2) is 13.3. The van der Waals surface area contributed by atoms with Crippen molar-refractivity contribution in [3.05, 3.63) is 94.3 Å². The molecule has 5 aliphatic rings. The molecule has 3 aromatic rings. The van der Waals surface area contributed by atoms with Gasteiger partial charge in [-0.05, 0) is 80.0 Å². The Balaban J connectivity index is 1.16. The van der Waals surface area contributed by atoms with Crippen LogP contribution in [0.1, 0.15) is 49.7 Å². The van der Waals surface area contributed by atoms with Gasteiger partial charge in [-0.15, -0.1) is 0 Å². The van der Waals surface area contributed by atoms with Gasteiger partial charge in [0.1, 0.15) is 5.82 Å². The standard InChI is InChI=1S/C41H41ClFN3O7/c1-41-29(38(49)46(40(41)51)25-9-12-31(43)30(42)19-25)20-28-26(35(41)23-17-32(52-2)36(47)33(18-23)53-3)10-11-27-34(28)39(50)45(37(27)48)24-13-15-44(16-14-24)21-22-7-5-4-6-8-22/h4-10,12,17-19,24,27-29,34-35,47H,11,13-16,20-21H2,1-3H3. The zero-order chi connectivity index (χ0) is 37.3. The number of hydrogen-bond acceptors (Lipinski definition) is 8. The largest absolute Gasteiger partial charge is 0.502 e. The summed E-state index contributed by atoms with van der Waals surface area (Å²) in [5.74, 6) is -5.49. The molecule has 12 heteroatoms. The van der Waals surface area contributed by atoms with Crippen molar-refractivity contribution < 1.29 is 38.1 Å². The Morgan fingerprint density at radius 2 is 1.58 bits per heavy atom. The van der Waals surface area contributed by atoms with Gasteiger partial charge in [0.2, 0.25) is 29.4 Å². The molecule has 2 aliphatic carbocycles. The quantitative estimate of drug-likeness (QED) is 0.228. The average Bonchev–Trinajstić information content (AvgIpc) is 3.53. The summed E-state index contributed by atoms with van der Waals surface area (Å²) in [6.45, 7) is 4.07. The molecular formula is C41H41ClFN3O7. The lowest BCUT2D eigenvalue weighted by Crippen LogP contribution is -2.49. The third kappa shape index (κ3) is 5.45. The van der Waals surface area contributed by atoms with Gasteiger partial charge < -0.3 is 14.6 Å². The van der Waals surface area contributed by atoms with E-state index in [2.05, 4.69) is 17.0 Å². The van der Waals surface area contributed by atoms with Crippen LogP contribution < -0.4 is 14.4 Å². The van der Waals surface area contributed by atoms with Crippen LogP contribution in [-0.4, -0.2) is 71.9 Å². The normalized spacial score (nSPS) is 28.8. The number of carbonyl (C=O) groups is 4. The van der Waals surface area contributed by atoms with E-state index in [4.69, 9.17) is 21.1 Å². The summed E-state index contributed by atoms with van der Waals surface area (Å²) in [4.78, 5) is 63.0. The fourth-order valence-electron chi connectivity index (χ4n) is 9.91. The maximum Gasteiger partial charge on any atom is 0.241 e. The summed E-state index contributed by atoms with van der Waals surface area (Å²) in [5, 5.41) is 10.6. The number of hydrogen-bond donors (Lipinski definition) is 1. The van der Waals surface area contributed by atoms with E-state index < -0.39 is 52.6 Å². The molecule has 3 saturated heterocycles. The minimum absolute atomic E-state index is 0.117. The zero-order valence-corrected chi connectivity index (χ0v) is 30.5. The Kier molecular flexibility index (Phi) is 8.85. The molecule has 10 nitrogen and oxygen atoms in total. The number of likely N-dealkylation sites (tertiary alicyclic amines) is 2. The number of imide groups is 2. The molecule has 3 aromatic carbocycles. The van der Waals surface area contributed by atoms with Gasteiger partial charge in [0.15, 0.2) is 11.5 Å². The van der Waals surface area contributed by atoms with Crippen molar-refractivity contribution in [2.75, 3.05) is 32.2 Å². The van der Waals surface area contributed by atoms with Gasteiger partial charge in [-0.3, -0.25) is 29.0 Å². The highest BCUT2D eigenvalue weighted by molar-refractivity contribution is 6.31. The molecular weight excluding hydrogens is 701 g/mol. The number of benzene rings is 3. The molecule has 6 unspecified atom stereocenters. The van der Waals surface area contributed by atoms with Crippen LogP contribution in [0.15, 0.2) is 72.3 Å². The number of halogens is 2. The molecule has 1 N–H and O–H groups in total. The second-order valence-corrected chi connectivity index (χ2v) is 15.5. The maximum atomic E-state index is 14.7. The van der Waals surface area contributed by atoms with Gasteiger partial charge in [-0.25, -0.2) is 9.29 Å². The number of carbonyl (C=O) groups excluding carboxylic acids is 4. The molecule has 0 bridgehead atoms. The van der Waals surface area contributed by atoms with Crippen molar-refractivity contribution in [1.29, 1.82) is 0 Å². The fourth-order valence-corrected chi connectivity index (χ4v) is 10.1. The lowest BCUT2D eigenvalue weighted by molar-refractivity contribution is -0.144. The van der Waals surface area contributed by atoms with E-state index in [1.54, 1.807) is 19.1 Å². The molecule has 0 aromatic heterocycles. The summed E-state index contributed by atoms with van der Waals surface area (Å²) in [6.07, 6.45) is 3.81. The maximum absolute atomic E-state index is 14.7. The monoisotopic (exact) mass is 741 g/mol. The van der Waals surface area contributed by atoms with E-state index >= 15 is 0 Å². The molecule has 276 valence electrons. The van der Waals surface area contributed by atoms with Crippen molar-refractivity contribution in [3.8, 4) is 17.2 Å². The number of fused-ring (bicyclic) bond motifs is 4. The number of piperidine rings is 1. The smallest absolute Gasteiger partial charge is 0.241 e. The van der Waals surface area contributed by atoms with Crippen LogP contribution in [0, 0.1) is 34.9 Å². The summed E-state index contributed by atoms with van der Waals surface area (Å²) in [6, 6.07) is 17.0. The third-order valence-corrected chi connectivity index (χ3v) is 12.8. The molecule has 4 fully saturated rings. The van der Waals surface area contributed by atoms with Crippen LogP contribution in [0.3, 0.4) is 0 Å². The Bertz CT molecular complexity index is 2020. The number of nitrogens with zero attached hydrogens (tertiary/aromatic N) is 3. The number of phenols is 1. The van der Waals surface area contributed by atoms with E-state index in [0.29, 0.717) is 24.8 Å². The lowest BCUT2D eigenvalue weighted by Gasteiger charge is -2.49. The highest BCUT2D eigenvalue weighted by Gasteiger charge is 2.68. The van der Waals surface area contributed by atoms with Crippen LogP contribution in [0.5, 0.6) is 17.2 Å². The first-order valence-corrected chi connectivity index (χ1v) is 18.5. The molecule has 4 amide bonds. The summed E-state index contributed by atoms with van der Waals surface area (Å²) in [7, 11) is 2.81. The average molecular weight is 742 g/mol. The van der Waals surface area contributed by atoms with Crippen molar-refractivity contribution in [2.45, 2.75) is 51.1 Å². The van der Waals surface area contributed by atoms with Gasteiger partial charge in [-0.1, -0.05) is 53.6 Å². The lowest BCUT2D eigenvalue weighted by atomic mass is 9.51. The van der Waals surface area contributed by atoms with E-state index in [1.165, 1.54) is 36.8 Å². The van der Waals surface area contributed by atoms with Crippen molar-refractivity contribution in [1.82, 2.24) is 9.80 Å². The van der Waals surface area contributed by atoms with Crippen molar-refractivity contribution >= 4 is 40.9 Å². The van der Waals surface area contributed by atoms with E-state index in [-0.39, 0.29) is 52.2 Å². The van der Waals surface area contributed by atoms with Crippen molar-refractivity contribution in [2.24, 2.45) is 29.1 Å². The predicted molar refractivity (Wildman–Crippen MR) is 194 cm³/mol. The Morgan fingerprint density at radius 1 is 0.906 bits per heavy atom. The Hall–Kier alpha value is -4.74. The van der Waals surface area contributed by atoms with Crippen LogP contribution in [0.4, 0.5) is 10.1 Å². The number of rotatable bonds is 7. The van der Waals surface area contributed by atoms with E-state index in [9.17, 15) is 28.7 Å². The van der Waals surface area contributed by atoms with Crippen LogP contribution in [0.25, 0.3) is 0 Å². The Morgan fingerprint density at radius 3 is 2.23 bits per heavy atom. The van der Waals surface area contributed by atoms with Gasteiger partial charge in [0, 0.05) is 31.6 Å². The predicted octanol–water partition coefficient (Wildman–Crippen LogP) is 6.10. The van der Waals surface area contributed by atoms with Gasteiger partial charge in [0.25, 0.3) is 0 Å². The topological polar surface area (TPSA) is 117 Å². The molecule has 53 heavy (non-hydrogen) atoms.